The third-order valence-corrected chi connectivity index (χ3v) is 3.45. The van der Waals surface area contributed by atoms with Gasteiger partial charge in [-0.25, -0.2) is 22.7 Å². The monoisotopic (exact) mass is 281 g/mol. The van der Waals surface area contributed by atoms with Crippen molar-refractivity contribution in [3.05, 3.63) is 0 Å². The zero-order valence-electron chi connectivity index (χ0n) is 10.6. The molecule has 0 aliphatic heterocycles. The number of carboxylic acids is 1. The van der Waals surface area contributed by atoms with Crippen molar-refractivity contribution in [2.24, 2.45) is 0 Å². The van der Waals surface area contributed by atoms with Crippen molar-refractivity contribution in [2.45, 2.75) is 26.3 Å². The first-order valence-corrected chi connectivity index (χ1v) is 7.02. The number of hydrogen-bond donors (Lipinski definition) is 4. The van der Waals surface area contributed by atoms with Crippen LogP contribution in [0, 0.1) is 0 Å². The van der Waals surface area contributed by atoms with Crippen molar-refractivity contribution >= 4 is 22.0 Å². The van der Waals surface area contributed by atoms with E-state index < -0.39 is 27.6 Å². The van der Waals surface area contributed by atoms with Gasteiger partial charge in [0.05, 0.1) is 5.75 Å². The molecule has 0 aliphatic carbocycles. The van der Waals surface area contributed by atoms with Gasteiger partial charge in [-0.15, -0.1) is 0 Å². The maximum Gasteiger partial charge on any atom is 0.328 e. The highest BCUT2D eigenvalue weighted by Gasteiger charge is 2.28. The van der Waals surface area contributed by atoms with Crippen molar-refractivity contribution in [1.82, 2.24) is 15.4 Å². The number of rotatable bonds is 7. The molecule has 2 amide bonds. The maximum atomic E-state index is 11.3. The van der Waals surface area contributed by atoms with Gasteiger partial charge in [0.25, 0.3) is 0 Å². The fourth-order valence-electron chi connectivity index (χ4n) is 0.972. The number of aliphatic carboxylic acids is 1. The van der Waals surface area contributed by atoms with E-state index >= 15 is 0 Å². The molecule has 4 N–H and O–H groups in total. The summed E-state index contributed by atoms with van der Waals surface area (Å²) in [6, 6.07) is -0.728. The van der Waals surface area contributed by atoms with Crippen LogP contribution in [0.15, 0.2) is 0 Å². The molecule has 0 saturated carbocycles. The Bertz CT molecular complexity index is 404. The summed E-state index contributed by atoms with van der Waals surface area (Å²) in [5.41, 5.74) is -1.41. The zero-order chi connectivity index (χ0) is 14.4. The lowest BCUT2D eigenvalue weighted by Gasteiger charge is -2.21. The van der Waals surface area contributed by atoms with Crippen LogP contribution in [0.2, 0.25) is 0 Å². The fraction of sp³-hybridized carbons (Fsp3) is 0.778. The van der Waals surface area contributed by atoms with Gasteiger partial charge >= 0.3 is 12.0 Å². The lowest BCUT2D eigenvalue weighted by Crippen LogP contribution is -2.53. The van der Waals surface area contributed by atoms with Crippen LogP contribution in [0.3, 0.4) is 0 Å². The Morgan fingerprint density at radius 1 is 1.28 bits per heavy atom. The van der Waals surface area contributed by atoms with E-state index in [1.807, 2.05) is 0 Å². The average molecular weight is 281 g/mol. The Labute approximate surface area is 106 Å². The van der Waals surface area contributed by atoms with Gasteiger partial charge in [0.2, 0.25) is 10.0 Å². The van der Waals surface area contributed by atoms with Crippen LogP contribution in [-0.4, -0.2) is 49.9 Å². The fourth-order valence-corrected chi connectivity index (χ4v) is 1.93. The van der Waals surface area contributed by atoms with Crippen LogP contribution in [0.5, 0.6) is 0 Å². The highest BCUT2D eigenvalue weighted by molar-refractivity contribution is 7.89. The molecule has 106 valence electrons. The number of carboxylic acid groups (broad SMARTS) is 1. The normalized spacial score (nSPS) is 11.9. The average Bonchev–Trinajstić information content (AvgIpc) is 2.15. The topological polar surface area (TPSA) is 125 Å². The largest absolute Gasteiger partial charge is 0.480 e. The summed E-state index contributed by atoms with van der Waals surface area (Å²) >= 11 is 0. The van der Waals surface area contributed by atoms with E-state index in [0.29, 0.717) is 0 Å². The standard InChI is InChI=1S/C9H19N3O5S/c1-4-11-18(16,17)6-5-10-8(15)12-9(2,3)7(13)14/h11H,4-6H2,1-3H3,(H,13,14)(H2,10,12,15). The Hall–Kier alpha value is -1.35. The molecule has 0 spiro atoms. The Balaban J connectivity index is 4.11. The zero-order valence-corrected chi connectivity index (χ0v) is 11.4. The third-order valence-electron chi connectivity index (χ3n) is 1.98. The van der Waals surface area contributed by atoms with Crippen LogP contribution in [0.1, 0.15) is 20.8 Å². The van der Waals surface area contributed by atoms with E-state index in [9.17, 15) is 18.0 Å². The Morgan fingerprint density at radius 3 is 2.28 bits per heavy atom. The predicted molar refractivity (Wildman–Crippen MR) is 65.7 cm³/mol. The summed E-state index contributed by atoms with van der Waals surface area (Å²) in [7, 11) is -3.40. The summed E-state index contributed by atoms with van der Waals surface area (Å²) in [5, 5.41) is 13.3. The Morgan fingerprint density at radius 2 is 1.83 bits per heavy atom. The molecular formula is C9H19N3O5S. The van der Waals surface area contributed by atoms with Crippen LogP contribution in [0.25, 0.3) is 0 Å². The minimum atomic E-state index is -3.40. The first kappa shape index (κ1) is 16.6. The summed E-state index contributed by atoms with van der Waals surface area (Å²) in [6.07, 6.45) is 0. The van der Waals surface area contributed by atoms with E-state index in [1.54, 1.807) is 6.92 Å². The summed E-state index contributed by atoms with van der Waals surface area (Å²) in [6.45, 7) is 4.47. The van der Waals surface area contributed by atoms with Crippen LogP contribution in [-0.2, 0) is 14.8 Å². The van der Waals surface area contributed by atoms with Gasteiger partial charge in [-0.05, 0) is 13.8 Å². The number of hydrogen-bond acceptors (Lipinski definition) is 4. The molecule has 0 saturated heterocycles. The van der Waals surface area contributed by atoms with Gasteiger partial charge in [-0.1, -0.05) is 6.92 Å². The van der Waals surface area contributed by atoms with Crippen molar-refractivity contribution < 1.29 is 23.1 Å². The second-order valence-corrected chi connectivity index (χ2v) is 6.05. The maximum absolute atomic E-state index is 11.3. The van der Waals surface area contributed by atoms with E-state index in [-0.39, 0.29) is 18.8 Å². The van der Waals surface area contributed by atoms with E-state index in [0.717, 1.165) is 0 Å². The van der Waals surface area contributed by atoms with E-state index in [1.165, 1.54) is 13.8 Å². The van der Waals surface area contributed by atoms with Gasteiger partial charge in [-0.2, -0.15) is 0 Å². The molecule has 0 rings (SSSR count). The first-order valence-electron chi connectivity index (χ1n) is 5.37. The van der Waals surface area contributed by atoms with Gasteiger partial charge in [-0.3, -0.25) is 0 Å². The van der Waals surface area contributed by atoms with E-state index in [4.69, 9.17) is 5.11 Å². The predicted octanol–water partition coefficient (Wildman–Crippen LogP) is -0.912. The smallest absolute Gasteiger partial charge is 0.328 e. The van der Waals surface area contributed by atoms with Gasteiger partial charge in [0.1, 0.15) is 5.54 Å². The molecular weight excluding hydrogens is 262 g/mol. The molecule has 18 heavy (non-hydrogen) atoms. The number of carbonyl (C=O) groups is 2. The molecule has 9 heteroatoms. The molecule has 0 aromatic heterocycles. The number of nitrogens with one attached hydrogen (secondary N) is 3. The summed E-state index contributed by atoms with van der Waals surface area (Å²) in [4.78, 5) is 22.0. The molecule has 0 aromatic carbocycles. The summed E-state index contributed by atoms with van der Waals surface area (Å²) in [5.74, 6) is -1.44. The number of carbonyl (C=O) groups excluding carboxylic acids is 1. The minimum Gasteiger partial charge on any atom is -0.480 e. The third kappa shape index (κ3) is 6.40. The molecule has 0 heterocycles. The molecule has 0 radical (unpaired) electrons. The van der Waals surface area contributed by atoms with Crippen molar-refractivity contribution in [2.75, 3.05) is 18.8 Å². The second kappa shape index (κ2) is 6.55. The second-order valence-electron chi connectivity index (χ2n) is 4.13. The lowest BCUT2D eigenvalue weighted by atomic mass is 10.1. The van der Waals surface area contributed by atoms with E-state index in [2.05, 4.69) is 15.4 Å². The minimum absolute atomic E-state index is 0.100. The molecule has 0 atom stereocenters. The molecule has 0 fully saturated rings. The lowest BCUT2D eigenvalue weighted by molar-refractivity contribution is -0.142. The first-order chi connectivity index (χ1) is 8.10. The molecule has 0 aromatic rings. The molecule has 0 aliphatic rings. The highest BCUT2D eigenvalue weighted by Crippen LogP contribution is 2.00. The molecule has 8 nitrogen and oxygen atoms in total. The van der Waals surface area contributed by atoms with Gasteiger partial charge in [0.15, 0.2) is 0 Å². The van der Waals surface area contributed by atoms with Crippen molar-refractivity contribution in [1.29, 1.82) is 0 Å². The molecule has 0 bridgehead atoms. The molecule has 0 unspecified atom stereocenters. The quantitative estimate of drug-likeness (QED) is 0.481. The number of sulfonamides is 1. The number of amides is 2. The van der Waals surface area contributed by atoms with Crippen LogP contribution in [0.4, 0.5) is 4.79 Å². The summed E-state index contributed by atoms with van der Waals surface area (Å²) < 4.78 is 24.7. The number of urea groups is 1. The van der Waals surface area contributed by atoms with Crippen LogP contribution < -0.4 is 15.4 Å². The van der Waals surface area contributed by atoms with Gasteiger partial charge in [0, 0.05) is 13.1 Å². The highest BCUT2D eigenvalue weighted by atomic mass is 32.2. The van der Waals surface area contributed by atoms with Crippen molar-refractivity contribution in [3.63, 3.8) is 0 Å². The SMILES string of the molecule is CCNS(=O)(=O)CCNC(=O)NC(C)(C)C(=O)O. The van der Waals surface area contributed by atoms with Gasteiger partial charge < -0.3 is 15.7 Å². The van der Waals surface area contributed by atoms with Crippen molar-refractivity contribution in [3.8, 4) is 0 Å². The van der Waals surface area contributed by atoms with Crippen LogP contribution >= 0.6 is 0 Å². The Kier molecular flexibility index (Phi) is 6.06.